The van der Waals surface area contributed by atoms with Gasteiger partial charge >= 0.3 is 0 Å². The molecule has 3 aromatic rings. The minimum Gasteiger partial charge on any atom is -0.492 e. The first-order valence-corrected chi connectivity index (χ1v) is 6.61. The van der Waals surface area contributed by atoms with Crippen molar-refractivity contribution in [1.29, 1.82) is 0 Å². The topological polar surface area (TPSA) is 18.0 Å². The van der Waals surface area contributed by atoms with Crippen molar-refractivity contribution >= 4 is 0 Å². The number of benzene rings is 2. The first-order valence-electron chi connectivity index (χ1n) is 6.61. The molecule has 0 N–H and O–H groups in total. The smallest absolute Gasteiger partial charge is 0.249 e. The number of para-hydroxylation sites is 2. The Morgan fingerprint density at radius 2 is 1.75 bits per heavy atom. The molecule has 1 heterocycles. The van der Waals surface area contributed by atoms with Gasteiger partial charge in [-0.15, -0.1) is 0 Å². The van der Waals surface area contributed by atoms with Crippen molar-refractivity contribution in [2.24, 2.45) is 0 Å². The van der Waals surface area contributed by atoms with Crippen LogP contribution in [0.1, 0.15) is 5.56 Å². The molecule has 20 heavy (non-hydrogen) atoms. The molecular weight excluding hydrogens is 248 g/mol. The zero-order valence-electron chi connectivity index (χ0n) is 11.4. The van der Waals surface area contributed by atoms with Crippen LogP contribution in [0, 0.1) is 0 Å². The van der Waals surface area contributed by atoms with E-state index >= 15 is 0 Å². The number of ether oxygens (including phenoxy) is 1. The highest BCUT2D eigenvalue weighted by Gasteiger charge is 2.11. The Morgan fingerprint density at radius 1 is 1.00 bits per heavy atom. The van der Waals surface area contributed by atoms with Crippen molar-refractivity contribution in [3.8, 4) is 11.4 Å². The van der Waals surface area contributed by atoms with Gasteiger partial charge in [-0.2, -0.15) is 4.57 Å². The highest BCUT2D eigenvalue weighted by molar-refractivity contribution is 5.46. The van der Waals surface area contributed by atoms with Gasteiger partial charge in [0.1, 0.15) is 18.9 Å². The molecule has 3 nitrogen and oxygen atoms in total. The van der Waals surface area contributed by atoms with Crippen LogP contribution in [0.25, 0.3) is 5.69 Å². The molecular formula is C17H17N2O+. The molecule has 2 aromatic carbocycles. The van der Waals surface area contributed by atoms with Gasteiger partial charge in [0.2, 0.25) is 6.33 Å². The summed E-state index contributed by atoms with van der Waals surface area (Å²) >= 11 is 0. The van der Waals surface area contributed by atoms with Gasteiger partial charge in [-0.3, -0.25) is 0 Å². The highest BCUT2D eigenvalue weighted by Crippen LogP contribution is 2.21. The molecule has 0 saturated carbocycles. The van der Waals surface area contributed by atoms with Crippen LogP contribution in [0.3, 0.4) is 0 Å². The molecule has 3 rings (SSSR count). The van der Waals surface area contributed by atoms with Crippen LogP contribution < -0.4 is 9.30 Å². The monoisotopic (exact) mass is 265 g/mol. The van der Waals surface area contributed by atoms with Gasteiger partial charge in [-0.1, -0.05) is 42.5 Å². The first kappa shape index (κ1) is 12.5. The van der Waals surface area contributed by atoms with E-state index in [1.54, 1.807) is 7.11 Å². The normalized spacial score (nSPS) is 10.4. The maximum atomic E-state index is 5.40. The number of hydrogen-bond acceptors (Lipinski definition) is 1. The average Bonchev–Trinajstić information content (AvgIpc) is 2.96. The molecule has 0 aliphatic carbocycles. The lowest BCUT2D eigenvalue weighted by atomic mass is 10.2. The Morgan fingerprint density at radius 3 is 2.55 bits per heavy atom. The summed E-state index contributed by atoms with van der Waals surface area (Å²) in [6.07, 6.45) is 6.19. The van der Waals surface area contributed by atoms with Crippen molar-refractivity contribution < 1.29 is 9.30 Å². The number of nitrogens with zero attached hydrogens (tertiary/aromatic N) is 2. The fraction of sp³-hybridized carbons (Fsp3) is 0.118. The van der Waals surface area contributed by atoms with Crippen LogP contribution in [-0.2, 0) is 6.54 Å². The molecule has 0 amide bonds. The Hall–Kier alpha value is -2.55. The molecule has 1 aromatic heterocycles. The summed E-state index contributed by atoms with van der Waals surface area (Å²) < 4.78 is 9.62. The van der Waals surface area contributed by atoms with Crippen molar-refractivity contribution in [2.45, 2.75) is 6.54 Å². The van der Waals surface area contributed by atoms with E-state index in [1.165, 1.54) is 5.56 Å². The SMILES string of the molecule is COc1ccccc1-n1cc[n+](Cc2ccccc2)c1. The zero-order chi connectivity index (χ0) is 13.8. The van der Waals surface area contributed by atoms with Crippen LogP contribution in [0.15, 0.2) is 73.3 Å². The quantitative estimate of drug-likeness (QED) is 0.663. The largest absolute Gasteiger partial charge is 0.492 e. The predicted octanol–water partition coefficient (Wildman–Crippen LogP) is 2.82. The van der Waals surface area contributed by atoms with Gasteiger partial charge in [-0.05, 0) is 17.7 Å². The Kier molecular flexibility index (Phi) is 3.50. The number of methoxy groups -OCH3 is 1. The summed E-state index contributed by atoms with van der Waals surface area (Å²) in [7, 11) is 1.69. The van der Waals surface area contributed by atoms with Crippen molar-refractivity contribution in [3.63, 3.8) is 0 Å². The molecule has 0 unspecified atom stereocenters. The summed E-state index contributed by atoms with van der Waals surface area (Å²) in [4.78, 5) is 0. The summed E-state index contributed by atoms with van der Waals surface area (Å²) in [6, 6.07) is 18.4. The van der Waals surface area contributed by atoms with E-state index in [4.69, 9.17) is 4.74 Å². The van der Waals surface area contributed by atoms with E-state index in [0.29, 0.717) is 0 Å². The molecule has 100 valence electrons. The molecule has 0 aliphatic heterocycles. The second-order valence-corrected chi connectivity index (χ2v) is 4.65. The minimum absolute atomic E-state index is 0.864. The molecule has 0 fully saturated rings. The van der Waals surface area contributed by atoms with E-state index in [0.717, 1.165) is 18.0 Å². The molecule has 0 radical (unpaired) electrons. The fourth-order valence-electron chi connectivity index (χ4n) is 2.27. The molecule has 0 bridgehead atoms. The second-order valence-electron chi connectivity index (χ2n) is 4.65. The molecule has 0 atom stereocenters. The van der Waals surface area contributed by atoms with Gasteiger partial charge in [0.15, 0.2) is 11.4 Å². The summed E-state index contributed by atoms with van der Waals surface area (Å²) in [6.45, 7) is 0.864. The van der Waals surface area contributed by atoms with Crippen LogP contribution in [0.5, 0.6) is 5.75 Å². The lowest BCUT2D eigenvalue weighted by molar-refractivity contribution is -0.687. The van der Waals surface area contributed by atoms with Gasteiger partial charge in [-0.25, -0.2) is 4.57 Å². The van der Waals surface area contributed by atoms with E-state index in [9.17, 15) is 0 Å². The van der Waals surface area contributed by atoms with E-state index < -0.39 is 0 Å². The summed E-state index contributed by atoms with van der Waals surface area (Å²) in [5, 5.41) is 0. The van der Waals surface area contributed by atoms with Crippen molar-refractivity contribution in [2.75, 3.05) is 7.11 Å². The number of hydrogen-bond donors (Lipinski definition) is 0. The molecule has 0 aliphatic rings. The maximum Gasteiger partial charge on any atom is 0.249 e. The van der Waals surface area contributed by atoms with Gasteiger partial charge < -0.3 is 4.74 Å². The molecule has 0 saturated heterocycles. The number of aromatic nitrogens is 2. The third kappa shape index (κ3) is 2.57. The zero-order valence-corrected chi connectivity index (χ0v) is 11.4. The lowest BCUT2D eigenvalue weighted by Crippen LogP contribution is -2.31. The van der Waals surface area contributed by atoms with Gasteiger partial charge in [0.05, 0.1) is 7.11 Å². The minimum atomic E-state index is 0.864. The maximum absolute atomic E-state index is 5.40. The molecule has 0 spiro atoms. The molecule has 3 heteroatoms. The Bertz CT molecular complexity index is 689. The third-order valence-electron chi connectivity index (χ3n) is 3.26. The van der Waals surface area contributed by atoms with Gasteiger partial charge in [0.25, 0.3) is 0 Å². The van der Waals surface area contributed by atoms with Crippen molar-refractivity contribution in [3.05, 3.63) is 78.9 Å². The summed E-state index contributed by atoms with van der Waals surface area (Å²) in [5.41, 5.74) is 2.33. The van der Waals surface area contributed by atoms with E-state index in [2.05, 4.69) is 45.9 Å². The van der Waals surface area contributed by atoms with Crippen LogP contribution in [0.2, 0.25) is 0 Å². The van der Waals surface area contributed by atoms with Gasteiger partial charge in [0, 0.05) is 0 Å². The van der Waals surface area contributed by atoms with E-state index in [1.807, 2.05) is 36.5 Å². The first-order chi connectivity index (χ1) is 9.86. The Labute approximate surface area is 118 Å². The van der Waals surface area contributed by atoms with Crippen LogP contribution in [-0.4, -0.2) is 11.7 Å². The van der Waals surface area contributed by atoms with Crippen molar-refractivity contribution in [1.82, 2.24) is 4.57 Å². The number of imidazole rings is 1. The van der Waals surface area contributed by atoms with E-state index in [-0.39, 0.29) is 0 Å². The summed E-state index contributed by atoms with van der Waals surface area (Å²) in [5.74, 6) is 0.870. The van der Waals surface area contributed by atoms with Crippen LogP contribution in [0.4, 0.5) is 0 Å². The highest BCUT2D eigenvalue weighted by atomic mass is 16.5. The average molecular weight is 265 g/mol. The van der Waals surface area contributed by atoms with Crippen LogP contribution >= 0.6 is 0 Å². The second kappa shape index (κ2) is 5.61. The number of rotatable bonds is 4. The fourth-order valence-corrected chi connectivity index (χ4v) is 2.27. The predicted molar refractivity (Wildman–Crippen MR) is 78.1 cm³/mol. The standard InChI is InChI=1S/C17H17N2O/c1-20-17-10-6-5-9-16(17)19-12-11-18(14-19)13-15-7-3-2-4-8-15/h2-12,14H,13H2,1H3/q+1. The Balaban J connectivity index is 1.87. The third-order valence-corrected chi connectivity index (χ3v) is 3.26. The lowest BCUT2D eigenvalue weighted by Gasteiger charge is -2.03.